The maximum atomic E-state index is 11.1. The third kappa shape index (κ3) is 3.48. The van der Waals surface area contributed by atoms with Crippen LogP contribution in [0.2, 0.25) is 0 Å². The molecule has 112 valence electrons. The van der Waals surface area contributed by atoms with Gasteiger partial charge in [0.1, 0.15) is 5.69 Å². The Bertz CT molecular complexity index is 562. The smallest absolute Gasteiger partial charge is 0.292 e. The number of nitro groups is 1. The van der Waals surface area contributed by atoms with Crippen LogP contribution in [0.25, 0.3) is 0 Å². The van der Waals surface area contributed by atoms with E-state index in [1.165, 1.54) is 18.2 Å². The van der Waals surface area contributed by atoms with Crippen LogP contribution < -0.4 is 10.6 Å². The first-order valence-electron chi connectivity index (χ1n) is 6.77. The molecule has 1 aromatic rings. The van der Waals surface area contributed by atoms with E-state index < -0.39 is 4.92 Å². The lowest BCUT2D eigenvalue weighted by molar-refractivity contribution is -0.384. The zero-order valence-electron chi connectivity index (χ0n) is 11.9. The van der Waals surface area contributed by atoms with Crippen molar-refractivity contribution in [2.45, 2.75) is 18.4 Å². The third-order valence-corrected chi connectivity index (χ3v) is 3.69. The molecule has 21 heavy (non-hydrogen) atoms. The standard InChI is InChI=1S/C14H18N4O3/c1-21-10-14(5-2-6-17-14)9-16-12-7-11(8-15)3-4-13(12)18(19)20/h3-4,7,16-17H,2,5-6,9-10H2,1H3. The molecular formula is C14H18N4O3. The number of hydrogen-bond acceptors (Lipinski definition) is 6. The Labute approximate surface area is 123 Å². The quantitative estimate of drug-likeness (QED) is 0.610. The minimum absolute atomic E-state index is 0.0282. The molecular weight excluding hydrogens is 272 g/mol. The van der Waals surface area contributed by atoms with Gasteiger partial charge in [-0.3, -0.25) is 10.1 Å². The average Bonchev–Trinajstić information content (AvgIpc) is 2.94. The molecule has 0 bridgehead atoms. The number of nitrogens with zero attached hydrogens (tertiary/aromatic N) is 2. The van der Waals surface area contributed by atoms with E-state index in [-0.39, 0.29) is 11.2 Å². The molecule has 0 radical (unpaired) electrons. The zero-order chi connectivity index (χ0) is 15.3. The third-order valence-electron chi connectivity index (χ3n) is 3.69. The predicted octanol–water partition coefficient (Wildman–Crippen LogP) is 1.65. The summed E-state index contributed by atoms with van der Waals surface area (Å²) in [6, 6.07) is 6.30. The molecule has 1 aliphatic rings. The molecule has 0 aromatic heterocycles. The summed E-state index contributed by atoms with van der Waals surface area (Å²) in [4.78, 5) is 10.6. The van der Waals surface area contributed by atoms with Crippen molar-refractivity contribution >= 4 is 11.4 Å². The number of rotatable bonds is 6. The molecule has 0 amide bonds. The molecule has 2 N–H and O–H groups in total. The summed E-state index contributed by atoms with van der Waals surface area (Å²) in [5.74, 6) is 0. The largest absolute Gasteiger partial charge is 0.383 e. The van der Waals surface area contributed by atoms with Crippen molar-refractivity contribution in [1.29, 1.82) is 5.26 Å². The minimum atomic E-state index is -0.450. The molecule has 1 saturated heterocycles. The highest BCUT2D eigenvalue weighted by Gasteiger charge is 2.33. The SMILES string of the molecule is COCC1(CNc2cc(C#N)ccc2[N+](=O)[O-])CCCN1. The summed E-state index contributed by atoms with van der Waals surface area (Å²) in [5.41, 5.74) is 0.511. The molecule has 0 saturated carbocycles. The van der Waals surface area contributed by atoms with Gasteiger partial charge in [-0.15, -0.1) is 0 Å². The van der Waals surface area contributed by atoms with Crippen molar-refractivity contribution in [2.24, 2.45) is 0 Å². The van der Waals surface area contributed by atoms with Gasteiger partial charge in [-0.1, -0.05) is 0 Å². The molecule has 2 rings (SSSR count). The lowest BCUT2D eigenvalue weighted by Gasteiger charge is -2.29. The Morgan fingerprint density at radius 2 is 2.43 bits per heavy atom. The van der Waals surface area contributed by atoms with Gasteiger partial charge >= 0.3 is 0 Å². The number of ether oxygens (including phenoxy) is 1. The Kier molecular flexibility index (Phi) is 4.73. The van der Waals surface area contributed by atoms with Crippen molar-refractivity contribution in [3.05, 3.63) is 33.9 Å². The van der Waals surface area contributed by atoms with Gasteiger partial charge < -0.3 is 15.4 Å². The van der Waals surface area contributed by atoms with E-state index in [0.29, 0.717) is 24.4 Å². The lowest BCUT2D eigenvalue weighted by atomic mass is 9.98. The Morgan fingerprint density at radius 3 is 3.00 bits per heavy atom. The molecule has 1 fully saturated rings. The normalized spacial score (nSPS) is 21.0. The van der Waals surface area contributed by atoms with E-state index in [9.17, 15) is 10.1 Å². The van der Waals surface area contributed by atoms with Crippen molar-refractivity contribution in [3.63, 3.8) is 0 Å². The summed E-state index contributed by atoms with van der Waals surface area (Å²) in [5, 5.41) is 26.5. The van der Waals surface area contributed by atoms with Crippen LogP contribution in [0.1, 0.15) is 18.4 Å². The molecule has 1 heterocycles. The predicted molar refractivity (Wildman–Crippen MR) is 78.1 cm³/mol. The van der Waals surface area contributed by atoms with Gasteiger partial charge in [0.2, 0.25) is 0 Å². The van der Waals surface area contributed by atoms with Crippen LogP contribution in [0.4, 0.5) is 11.4 Å². The van der Waals surface area contributed by atoms with E-state index in [1.807, 2.05) is 6.07 Å². The summed E-state index contributed by atoms with van der Waals surface area (Å²) in [7, 11) is 1.64. The second-order valence-electron chi connectivity index (χ2n) is 5.20. The number of methoxy groups -OCH3 is 1. The number of nitriles is 1. The molecule has 1 aliphatic heterocycles. The minimum Gasteiger partial charge on any atom is -0.383 e. The topological polar surface area (TPSA) is 100 Å². The lowest BCUT2D eigenvalue weighted by Crippen LogP contribution is -2.49. The van der Waals surface area contributed by atoms with Crippen molar-refractivity contribution < 1.29 is 9.66 Å². The van der Waals surface area contributed by atoms with Crippen LogP contribution in [-0.2, 0) is 4.74 Å². The van der Waals surface area contributed by atoms with Gasteiger partial charge in [0.15, 0.2) is 0 Å². The summed E-state index contributed by atoms with van der Waals surface area (Å²) in [6.07, 6.45) is 1.99. The summed E-state index contributed by atoms with van der Waals surface area (Å²) >= 11 is 0. The first-order chi connectivity index (χ1) is 10.1. The monoisotopic (exact) mass is 290 g/mol. The van der Waals surface area contributed by atoms with Crippen LogP contribution in [0, 0.1) is 21.4 Å². The van der Waals surface area contributed by atoms with E-state index in [2.05, 4.69) is 10.6 Å². The molecule has 1 atom stereocenters. The fourth-order valence-corrected chi connectivity index (χ4v) is 2.64. The van der Waals surface area contributed by atoms with E-state index >= 15 is 0 Å². The Morgan fingerprint density at radius 1 is 1.62 bits per heavy atom. The number of benzene rings is 1. The molecule has 1 unspecified atom stereocenters. The van der Waals surface area contributed by atoms with Crippen LogP contribution in [0.5, 0.6) is 0 Å². The van der Waals surface area contributed by atoms with Gasteiger partial charge in [-0.05, 0) is 31.5 Å². The molecule has 1 aromatic carbocycles. The average molecular weight is 290 g/mol. The molecule has 7 nitrogen and oxygen atoms in total. The van der Waals surface area contributed by atoms with Gasteiger partial charge in [0.25, 0.3) is 5.69 Å². The molecule has 7 heteroatoms. The Hall–Kier alpha value is -2.17. The van der Waals surface area contributed by atoms with Gasteiger partial charge in [-0.2, -0.15) is 5.26 Å². The summed E-state index contributed by atoms with van der Waals surface area (Å²) < 4.78 is 5.25. The van der Waals surface area contributed by atoms with Crippen LogP contribution in [-0.4, -0.2) is 37.3 Å². The first-order valence-corrected chi connectivity index (χ1v) is 6.77. The highest BCUT2D eigenvalue weighted by molar-refractivity contribution is 5.64. The van der Waals surface area contributed by atoms with Gasteiger partial charge in [0, 0.05) is 19.7 Å². The number of nitrogens with one attached hydrogen (secondary N) is 2. The van der Waals surface area contributed by atoms with E-state index in [1.54, 1.807) is 7.11 Å². The molecule has 0 aliphatic carbocycles. The first kappa shape index (κ1) is 15.2. The van der Waals surface area contributed by atoms with Gasteiger partial charge in [0.05, 0.1) is 28.7 Å². The maximum absolute atomic E-state index is 11.1. The Balaban J connectivity index is 2.18. The van der Waals surface area contributed by atoms with Gasteiger partial charge in [-0.25, -0.2) is 0 Å². The zero-order valence-corrected chi connectivity index (χ0v) is 11.9. The van der Waals surface area contributed by atoms with Crippen molar-refractivity contribution in [1.82, 2.24) is 5.32 Å². The maximum Gasteiger partial charge on any atom is 0.292 e. The number of nitro benzene ring substituents is 1. The van der Waals surface area contributed by atoms with Crippen molar-refractivity contribution in [2.75, 3.05) is 32.1 Å². The highest BCUT2D eigenvalue weighted by Crippen LogP contribution is 2.27. The second kappa shape index (κ2) is 6.52. The van der Waals surface area contributed by atoms with Crippen LogP contribution in [0.3, 0.4) is 0 Å². The highest BCUT2D eigenvalue weighted by atomic mass is 16.6. The molecule has 0 spiro atoms. The van der Waals surface area contributed by atoms with E-state index in [4.69, 9.17) is 10.00 Å². The number of hydrogen-bond donors (Lipinski definition) is 2. The van der Waals surface area contributed by atoms with Crippen LogP contribution in [0.15, 0.2) is 18.2 Å². The van der Waals surface area contributed by atoms with Crippen LogP contribution >= 0.6 is 0 Å². The summed E-state index contributed by atoms with van der Waals surface area (Å²) in [6.45, 7) is 1.95. The second-order valence-corrected chi connectivity index (χ2v) is 5.20. The fourth-order valence-electron chi connectivity index (χ4n) is 2.64. The number of anilines is 1. The van der Waals surface area contributed by atoms with E-state index in [0.717, 1.165) is 19.4 Å². The van der Waals surface area contributed by atoms with Crippen molar-refractivity contribution in [3.8, 4) is 6.07 Å². The fraction of sp³-hybridized carbons (Fsp3) is 0.500.